The van der Waals surface area contributed by atoms with E-state index in [-0.39, 0.29) is 24.2 Å². The molecule has 1 aliphatic carbocycles. The van der Waals surface area contributed by atoms with Gasteiger partial charge in [-0.25, -0.2) is 4.79 Å². The van der Waals surface area contributed by atoms with Crippen molar-refractivity contribution in [3.8, 4) is 6.07 Å². The van der Waals surface area contributed by atoms with Gasteiger partial charge in [-0.1, -0.05) is 6.07 Å². The lowest BCUT2D eigenvalue weighted by Gasteiger charge is -2.31. The van der Waals surface area contributed by atoms with Gasteiger partial charge in [-0.15, -0.1) is 22.7 Å². The molecule has 2 amide bonds. The molecule has 4 rings (SSSR count). The van der Waals surface area contributed by atoms with E-state index in [0.717, 1.165) is 15.3 Å². The fourth-order valence-electron chi connectivity index (χ4n) is 3.83. The number of carbonyl (C=O) groups excluding carboxylic acids is 2. The number of ether oxygens (including phenoxy) is 1. The summed E-state index contributed by atoms with van der Waals surface area (Å²) < 4.78 is 5.70. The monoisotopic (exact) mass is 457 g/mol. The highest BCUT2D eigenvalue weighted by Crippen LogP contribution is 2.38. The van der Waals surface area contributed by atoms with E-state index in [1.807, 2.05) is 17.5 Å². The first-order valence-corrected chi connectivity index (χ1v) is 11.9. The van der Waals surface area contributed by atoms with Gasteiger partial charge >= 0.3 is 6.09 Å². The number of nitrogens with one attached hydrogen (secondary N) is 1. The van der Waals surface area contributed by atoms with Crippen molar-refractivity contribution in [1.29, 1.82) is 5.26 Å². The number of thiophene rings is 2. The molecule has 0 bridgehead atoms. The molecule has 2 aliphatic rings. The molecule has 1 saturated heterocycles. The molecule has 1 aliphatic heterocycles. The summed E-state index contributed by atoms with van der Waals surface area (Å²) in [5.41, 5.74) is 1.45. The van der Waals surface area contributed by atoms with Crippen LogP contribution in [0.5, 0.6) is 0 Å². The second-order valence-electron chi connectivity index (χ2n) is 7.62. The quantitative estimate of drug-likeness (QED) is 0.680. The van der Waals surface area contributed by atoms with Gasteiger partial charge in [0.15, 0.2) is 0 Å². The van der Waals surface area contributed by atoms with Crippen LogP contribution < -0.4 is 5.32 Å². The van der Waals surface area contributed by atoms with Crippen molar-refractivity contribution in [3.05, 3.63) is 44.5 Å². The lowest BCUT2D eigenvalue weighted by Crippen LogP contribution is -2.42. The molecule has 162 valence electrons. The minimum Gasteiger partial charge on any atom is -0.446 e. The molecule has 0 spiro atoms. The normalized spacial score (nSPS) is 19.1. The summed E-state index contributed by atoms with van der Waals surface area (Å²) >= 11 is 2.92. The molecule has 3 heterocycles. The number of amides is 2. The molecular formula is C22H23N3O4S2. The maximum atomic E-state index is 12.4. The number of anilines is 1. The van der Waals surface area contributed by atoms with Crippen LogP contribution in [-0.2, 0) is 22.4 Å². The zero-order valence-electron chi connectivity index (χ0n) is 16.9. The molecule has 2 aromatic rings. The number of aliphatic hydroxyl groups is 1. The summed E-state index contributed by atoms with van der Waals surface area (Å²) in [7, 11) is 0. The Balaban J connectivity index is 1.39. The number of piperidine rings is 1. The van der Waals surface area contributed by atoms with Gasteiger partial charge in [0.05, 0.1) is 11.7 Å². The summed E-state index contributed by atoms with van der Waals surface area (Å²) in [4.78, 5) is 28.3. The second kappa shape index (κ2) is 9.64. The highest BCUT2D eigenvalue weighted by atomic mass is 32.1. The van der Waals surface area contributed by atoms with Crippen LogP contribution in [0.4, 0.5) is 9.80 Å². The zero-order chi connectivity index (χ0) is 21.8. The molecule has 1 fully saturated rings. The van der Waals surface area contributed by atoms with Crippen molar-refractivity contribution in [2.75, 3.05) is 18.4 Å². The van der Waals surface area contributed by atoms with Crippen molar-refractivity contribution in [1.82, 2.24) is 4.90 Å². The molecule has 9 heteroatoms. The van der Waals surface area contributed by atoms with Crippen LogP contribution in [0.2, 0.25) is 0 Å². The summed E-state index contributed by atoms with van der Waals surface area (Å²) in [5, 5.41) is 24.5. The molecule has 2 aromatic heterocycles. The van der Waals surface area contributed by atoms with Crippen LogP contribution in [0.15, 0.2) is 23.6 Å². The van der Waals surface area contributed by atoms with Gasteiger partial charge in [-0.2, -0.15) is 5.26 Å². The van der Waals surface area contributed by atoms with E-state index in [4.69, 9.17) is 4.74 Å². The topological polar surface area (TPSA) is 103 Å². The Morgan fingerprint density at radius 1 is 1.32 bits per heavy atom. The minimum atomic E-state index is -0.343. The minimum absolute atomic E-state index is 0.251. The first-order valence-electron chi connectivity index (χ1n) is 10.2. The average molecular weight is 458 g/mol. The molecule has 0 radical (unpaired) electrons. The van der Waals surface area contributed by atoms with Gasteiger partial charge in [-0.3, -0.25) is 4.79 Å². The Hall–Kier alpha value is -2.67. The van der Waals surface area contributed by atoms with Crippen LogP contribution >= 0.6 is 22.7 Å². The maximum Gasteiger partial charge on any atom is 0.410 e. The van der Waals surface area contributed by atoms with Gasteiger partial charge < -0.3 is 20.1 Å². The number of hydrogen-bond donors (Lipinski definition) is 2. The van der Waals surface area contributed by atoms with Gasteiger partial charge in [-0.05, 0) is 48.8 Å². The van der Waals surface area contributed by atoms with Crippen molar-refractivity contribution < 1.29 is 19.4 Å². The lowest BCUT2D eigenvalue weighted by molar-refractivity contribution is -0.111. The number of nitriles is 1. The van der Waals surface area contributed by atoms with E-state index in [1.165, 1.54) is 17.4 Å². The standard InChI is InChI=1S/C22H23N3O4S2/c23-13-18-17-5-3-15(29-22(28)25-9-7-14(26)8-10-25)12-19(17)31-21(18)24-20(27)6-4-16-2-1-11-30-16/h1-2,4,6,11,14-15,26H,3,5,7-10,12H2,(H,24,27)/b6-4+. The number of aliphatic hydroxyl groups excluding tert-OH is 1. The van der Waals surface area contributed by atoms with Gasteiger partial charge in [0, 0.05) is 35.3 Å². The van der Waals surface area contributed by atoms with E-state index >= 15 is 0 Å². The highest BCUT2D eigenvalue weighted by Gasteiger charge is 2.30. The van der Waals surface area contributed by atoms with E-state index in [0.29, 0.717) is 55.8 Å². The number of nitrogens with zero attached hydrogens (tertiary/aromatic N) is 2. The molecule has 1 unspecified atom stereocenters. The Morgan fingerprint density at radius 2 is 2.13 bits per heavy atom. The van der Waals surface area contributed by atoms with Crippen LogP contribution in [0, 0.1) is 11.3 Å². The summed E-state index contributed by atoms with van der Waals surface area (Å²) in [5.74, 6) is -0.279. The Bertz CT molecular complexity index is 1010. The van der Waals surface area contributed by atoms with Crippen molar-refractivity contribution in [2.24, 2.45) is 0 Å². The maximum absolute atomic E-state index is 12.4. The molecular weight excluding hydrogens is 434 g/mol. The van der Waals surface area contributed by atoms with Crippen molar-refractivity contribution in [3.63, 3.8) is 0 Å². The zero-order valence-corrected chi connectivity index (χ0v) is 18.5. The number of likely N-dealkylation sites (tertiary alicyclic amines) is 1. The highest BCUT2D eigenvalue weighted by molar-refractivity contribution is 7.16. The van der Waals surface area contributed by atoms with Gasteiger partial charge in [0.1, 0.15) is 17.2 Å². The molecule has 1 atom stereocenters. The SMILES string of the molecule is N#Cc1c(NC(=O)/C=C/c2cccs2)sc2c1CCC(OC(=O)N1CCC(O)CC1)C2. The fraction of sp³-hybridized carbons (Fsp3) is 0.409. The molecule has 2 N–H and O–H groups in total. The van der Waals surface area contributed by atoms with Crippen molar-refractivity contribution in [2.45, 2.75) is 44.3 Å². The average Bonchev–Trinajstić information content (AvgIpc) is 3.39. The third-order valence-electron chi connectivity index (χ3n) is 5.50. The molecule has 0 aromatic carbocycles. The third kappa shape index (κ3) is 5.15. The van der Waals surface area contributed by atoms with E-state index in [1.54, 1.807) is 22.3 Å². The number of hydrogen-bond acceptors (Lipinski definition) is 7. The Kier molecular flexibility index (Phi) is 6.70. The second-order valence-corrected chi connectivity index (χ2v) is 9.71. The van der Waals surface area contributed by atoms with Gasteiger partial charge in [0.25, 0.3) is 0 Å². The summed E-state index contributed by atoms with van der Waals surface area (Å²) in [6, 6.07) is 6.07. The fourth-order valence-corrected chi connectivity index (χ4v) is 5.71. The first kappa shape index (κ1) is 21.6. The van der Waals surface area contributed by atoms with E-state index in [2.05, 4.69) is 11.4 Å². The molecule has 31 heavy (non-hydrogen) atoms. The third-order valence-corrected chi connectivity index (χ3v) is 7.51. The summed E-state index contributed by atoms with van der Waals surface area (Å²) in [6.07, 6.45) is 5.24. The smallest absolute Gasteiger partial charge is 0.410 e. The Morgan fingerprint density at radius 3 is 2.84 bits per heavy atom. The predicted octanol–water partition coefficient (Wildman–Crippen LogP) is 3.78. The largest absolute Gasteiger partial charge is 0.446 e. The van der Waals surface area contributed by atoms with E-state index in [9.17, 15) is 20.0 Å². The van der Waals surface area contributed by atoms with Crippen LogP contribution in [0.25, 0.3) is 6.08 Å². The van der Waals surface area contributed by atoms with Crippen LogP contribution in [0.3, 0.4) is 0 Å². The number of fused-ring (bicyclic) bond motifs is 1. The molecule has 7 nitrogen and oxygen atoms in total. The number of carbonyl (C=O) groups is 2. The van der Waals surface area contributed by atoms with Crippen LogP contribution in [-0.4, -0.2) is 47.3 Å². The predicted molar refractivity (Wildman–Crippen MR) is 120 cm³/mol. The van der Waals surface area contributed by atoms with Crippen LogP contribution in [0.1, 0.15) is 40.1 Å². The van der Waals surface area contributed by atoms with E-state index < -0.39 is 0 Å². The van der Waals surface area contributed by atoms with Gasteiger partial charge in [0.2, 0.25) is 5.91 Å². The molecule has 0 saturated carbocycles. The Labute approximate surface area is 188 Å². The summed E-state index contributed by atoms with van der Waals surface area (Å²) in [6.45, 7) is 1.01. The number of rotatable bonds is 4. The first-order chi connectivity index (χ1) is 15.0. The lowest BCUT2D eigenvalue weighted by atomic mass is 9.94. The van der Waals surface area contributed by atoms with Crippen molar-refractivity contribution >= 4 is 45.8 Å².